The Morgan fingerprint density at radius 3 is 2.62 bits per heavy atom. The van der Waals surface area contributed by atoms with E-state index in [2.05, 4.69) is 66.2 Å². The summed E-state index contributed by atoms with van der Waals surface area (Å²) in [6, 6.07) is 6.88. The molecule has 3 nitrogen and oxygen atoms in total. The van der Waals surface area contributed by atoms with Crippen LogP contribution in [0.2, 0.25) is 0 Å². The summed E-state index contributed by atoms with van der Waals surface area (Å²) in [5, 5.41) is 3.65. The van der Waals surface area contributed by atoms with Crippen LogP contribution in [-0.4, -0.2) is 16.1 Å². The van der Waals surface area contributed by atoms with Gasteiger partial charge in [0.05, 0.1) is 0 Å². The number of hydrogen-bond donors (Lipinski definition) is 1. The molecular weight excluding hydrogens is 258 g/mol. The van der Waals surface area contributed by atoms with Gasteiger partial charge in [-0.3, -0.25) is 4.98 Å². The number of aromatic nitrogens is 2. The van der Waals surface area contributed by atoms with Gasteiger partial charge >= 0.3 is 0 Å². The van der Waals surface area contributed by atoms with E-state index in [4.69, 9.17) is 0 Å². The van der Waals surface area contributed by atoms with Crippen molar-refractivity contribution >= 4 is 0 Å². The molecule has 1 N–H and O–H groups in total. The van der Waals surface area contributed by atoms with E-state index in [1.807, 2.05) is 12.4 Å². The van der Waals surface area contributed by atoms with Gasteiger partial charge in [-0.1, -0.05) is 20.8 Å². The molecule has 0 bridgehead atoms. The van der Waals surface area contributed by atoms with Crippen LogP contribution in [0.25, 0.3) is 0 Å². The van der Waals surface area contributed by atoms with Crippen LogP contribution in [0.1, 0.15) is 44.4 Å². The van der Waals surface area contributed by atoms with Crippen molar-refractivity contribution in [3.8, 4) is 0 Å². The van der Waals surface area contributed by atoms with Crippen molar-refractivity contribution in [3.05, 3.63) is 54.1 Å². The lowest BCUT2D eigenvalue weighted by Gasteiger charge is -2.21. The van der Waals surface area contributed by atoms with Gasteiger partial charge < -0.3 is 9.88 Å². The molecule has 0 aliphatic rings. The third-order valence-corrected chi connectivity index (χ3v) is 3.82. The molecule has 1 unspecified atom stereocenters. The zero-order valence-corrected chi connectivity index (χ0v) is 13.4. The first-order valence-electron chi connectivity index (χ1n) is 7.98. The first-order valence-corrected chi connectivity index (χ1v) is 7.98. The summed E-state index contributed by atoms with van der Waals surface area (Å²) >= 11 is 0. The van der Waals surface area contributed by atoms with Crippen molar-refractivity contribution in [1.29, 1.82) is 0 Å². The predicted molar refractivity (Wildman–Crippen MR) is 88.2 cm³/mol. The van der Waals surface area contributed by atoms with Crippen molar-refractivity contribution in [2.45, 2.75) is 46.2 Å². The molecule has 2 aromatic heterocycles. The second-order valence-corrected chi connectivity index (χ2v) is 5.96. The Balaban J connectivity index is 1.96. The minimum absolute atomic E-state index is 0.451. The summed E-state index contributed by atoms with van der Waals surface area (Å²) in [5.41, 5.74) is 2.73. The Hall–Kier alpha value is -1.61. The van der Waals surface area contributed by atoms with Gasteiger partial charge in [0.25, 0.3) is 0 Å². The van der Waals surface area contributed by atoms with E-state index in [1.165, 1.54) is 17.5 Å². The van der Waals surface area contributed by atoms with E-state index in [9.17, 15) is 0 Å². The minimum atomic E-state index is 0.451. The number of rotatable bonds is 8. The zero-order valence-electron chi connectivity index (χ0n) is 13.4. The molecule has 2 heterocycles. The molecule has 2 aromatic rings. The summed E-state index contributed by atoms with van der Waals surface area (Å²) in [6.45, 7) is 8.86. The highest BCUT2D eigenvalue weighted by molar-refractivity contribution is 5.17. The van der Waals surface area contributed by atoms with Crippen LogP contribution >= 0.6 is 0 Å². The van der Waals surface area contributed by atoms with Crippen LogP contribution < -0.4 is 5.32 Å². The molecule has 0 aromatic carbocycles. The van der Waals surface area contributed by atoms with Crippen molar-refractivity contribution in [2.75, 3.05) is 6.54 Å². The minimum Gasteiger partial charge on any atom is -0.354 e. The molecule has 0 saturated carbocycles. The maximum absolute atomic E-state index is 4.06. The van der Waals surface area contributed by atoms with Crippen molar-refractivity contribution < 1.29 is 0 Å². The summed E-state index contributed by atoms with van der Waals surface area (Å²) in [6.07, 6.45) is 10.4. The van der Waals surface area contributed by atoms with E-state index in [1.54, 1.807) is 0 Å². The van der Waals surface area contributed by atoms with Gasteiger partial charge in [-0.2, -0.15) is 0 Å². The highest BCUT2D eigenvalue weighted by Gasteiger charge is 2.15. The van der Waals surface area contributed by atoms with E-state index in [0.717, 1.165) is 19.5 Å². The molecule has 0 amide bonds. The molecule has 0 spiro atoms. The highest BCUT2D eigenvalue weighted by Crippen LogP contribution is 2.22. The van der Waals surface area contributed by atoms with Crippen LogP contribution in [0.3, 0.4) is 0 Å². The van der Waals surface area contributed by atoms with Crippen molar-refractivity contribution in [2.24, 2.45) is 5.92 Å². The third-order valence-electron chi connectivity index (χ3n) is 3.82. The third kappa shape index (κ3) is 4.71. The van der Waals surface area contributed by atoms with E-state index >= 15 is 0 Å². The second kappa shape index (κ2) is 7.99. The van der Waals surface area contributed by atoms with Gasteiger partial charge in [0.2, 0.25) is 0 Å². The maximum Gasteiger partial charge on any atom is 0.0358 e. The van der Waals surface area contributed by atoms with Crippen LogP contribution in [0, 0.1) is 5.92 Å². The first kappa shape index (κ1) is 15.8. The Kier molecular flexibility index (Phi) is 6.00. The molecule has 0 fully saturated rings. The predicted octanol–water partition coefficient (Wildman–Crippen LogP) is 3.82. The highest BCUT2D eigenvalue weighted by atomic mass is 15.0. The molecule has 114 valence electrons. The lowest BCUT2D eigenvalue weighted by Crippen LogP contribution is -2.26. The normalized spacial score (nSPS) is 12.8. The Morgan fingerprint density at radius 2 is 1.95 bits per heavy atom. The fourth-order valence-corrected chi connectivity index (χ4v) is 2.63. The molecule has 0 aliphatic heterocycles. The standard InChI is InChI=1S/C18H27N3/c1-4-9-20-18(15(2)3)17-8-13-21(14-17)12-7-16-5-10-19-11-6-16/h5-6,8,10-11,13-15,18,20H,4,7,9,12H2,1-3H3. The molecule has 0 saturated heterocycles. The quantitative estimate of drug-likeness (QED) is 0.799. The summed E-state index contributed by atoms with van der Waals surface area (Å²) in [7, 11) is 0. The zero-order chi connectivity index (χ0) is 15.1. The molecule has 2 rings (SSSR count). The Bertz CT molecular complexity index is 516. The fraction of sp³-hybridized carbons (Fsp3) is 0.500. The number of nitrogens with zero attached hydrogens (tertiary/aromatic N) is 2. The lowest BCUT2D eigenvalue weighted by molar-refractivity contribution is 0.412. The Labute approximate surface area is 128 Å². The van der Waals surface area contributed by atoms with Crippen LogP contribution in [0.5, 0.6) is 0 Å². The molecule has 3 heteroatoms. The van der Waals surface area contributed by atoms with Crippen molar-refractivity contribution in [3.63, 3.8) is 0 Å². The Morgan fingerprint density at radius 1 is 1.19 bits per heavy atom. The van der Waals surface area contributed by atoms with Crippen LogP contribution in [0.15, 0.2) is 43.0 Å². The van der Waals surface area contributed by atoms with Crippen LogP contribution in [-0.2, 0) is 13.0 Å². The number of pyridine rings is 1. The van der Waals surface area contributed by atoms with Crippen LogP contribution in [0.4, 0.5) is 0 Å². The van der Waals surface area contributed by atoms with Gasteiger partial charge in [-0.25, -0.2) is 0 Å². The SMILES string of the molecule is CCCNC(c1ccn(CCc2ccncc2)c1)C(C)C. The monoisotopic (exact) mass is 285 g/mol. The molecule has 0 aliphatic carbocycles. The van der Waals surface area contributed by atoms with Gasteiger partial charge in [0.1, 0.15) is 0 Å². The van der Waals surface area contributed by atoms with E-state index in [0.29, 0.717) is 12.0 Å². The number of nitrogens with one attached hydrogen (secondary N) is 1. The van der Waals surface area contributed by atoms with Crippen molar-refractivity contribution in [1.82, 2.24) is 14.9 Å². The molecule has 1 atom stereocenters. The molecule has 21 heavy (non-hydrogen) atoms. The fourth-order valence-electron chi connectivity index (χ4n) is 2.63. The number of hydrogen-bond acceptors (Lipinski definition) is 2. The smallest absolute Gasteiger partial charge is 0.0358 e. The van der Waals surface area contributed by atoms with E-state index < -0.39 is 0 Å². The molecule has 0 radical (unpaired) electrons. The number of aryl methyl sites for hydroxylation is 2. The average molecular weight is 285 g/mol. The summed E-state index contributed by atoms with van der Waals surface area (Å²) in [5.74, 6) is 0.604. The maximum atomic E-state index is 4.06. The summed E-state index contributed by atoms with van der Waals surface area (Å²) < 4.78 is 2.29. The average Bonchev–Trinajstić information content (AvgIpc) is 2.95. The largest absolute Gasteiger partial charge is 0.354 e. The first-order chi connectivity index (χ1) is 10.2. The lowest BCUT2D eigenvalue weighted by atomic mass is 9.98. The summed E-state index contributed by atoms with van der Waals surface area (Å²) in [4.78, 5) is 4.06. The molecular formula is C18H27N3. The van der Waals surface area contributed by atoms with Gasteiger partial charge in [0.15, 0.2) is 0 Å². The van der Waals surface area contributed by atoms with Gasteiger partial charge in [-0.05, 0) is 54.6 Å². The second-order valence-electron chi connectivity index (χ2n) is 5.96. The topological polar surface area (TPSA) is 29.9 Å². The van der Waals surface area contributed by atoms with E-state index in [-0.39, 0.29) is 0 Å². The van der Waals surface area contributed by atoms with Gasteiger partial charge in [-0.15, -0.1) is 0 Å². The van der Waals surface area contributed by atoms with Gasteiger partial charge in [0, 0.05) is 37.4 Å².